The van der Waals surface area contributed by atoms with Gasteiger partial charge >= 0.3 is 5.97 Å². The Morgan fingerprint density at radius 2 is 2.17 bits per heavy atom. The summed E-state index contributed by atoms with van der Waals surface area (Å²) in [4.78, 5) is 11.4. The van der Waals surface area contributed by atoms with Gasteiger partial charge in [-0.1, -0.05) is 12.1 Å². The lowest BCUT2D eigenvalue weighted by Gasteiger charge is -2.15. The molecule has 1 saturated heterocycles. The van der Waals surface area contributed by atoms with E-state index >= 15 is 0 Å². The molecule has 0 radical (unpaired) electrons. The molecule has 18 heavy (non-hydrogen) atoms. The highest BCUT2D eigenvalue weighted by Crippen LogP contribution is 2.24. The molecule has 1 aromatic carbocycles. The van der Waals surface area contributed by atoms with E-state index in [9.17, 15) is 4.79 Å². The van der Waals surface area contributed by atoms with E-state index in [1.54, 1.807) is 0 Å². The molecular formula is C14H19NO3. The molecule has 98 valence electrons. The molecule has 0 amide bonds. The fourth-order valence-electron chi connectivity index (χ4n) is 2.15. The van der Waals surface area contributed by atoms with Crippen LogP contribution in [0, 0.1) is 13.8 Å². The van der Waals surface area contributed by atoms with Crippen LogP contribution in [0.3, 0.4) is 0 Å². The lowest BCUT2D eigenvalue weighted by Crippen LogP contribution is -2.31. The van der Waals surface area contributed by atoms with Gasteiger partial charge in [-0.3, -0.25) is 4.79 Å². The van der Waals surface area contributed by atoms with Gasteiger partial charge in [0.15, 0.2) is 0 Å². The normalized spacial score (nSPS) is 22.8. The van der Waals surface area contributed by atoms with E-state index in [2.05, 4.69) is 18.3 Å². The highest BCUT2D eigenvalue weighted by Gasteiger charge is 2.31. The van der Waals surface area contributed by atoms with E-state index < -0.39 is 0 Å². The van der Waals surface area contributed by atoms with Crippen molar-refractivity contribution in [2.45, 2.75) is 32.4 Å². The number of hydrogen-bond acceptors (Lipinski definition) is 4. The van der Waals surface area contributed by atoms with Crippen LogP contribution in [0.1, 0.15) is 17.5 Å². The second kappa shape index (κ2) is 5.40. The summed E-state index contributed by atoms with van der Waals surface area (Å²) in [5, 5.41) is 3.11. The van der Waals surface area contributed by atoms with Crippen LogP contribution in [0.5, 0.6) is 5.75 Å². The lowest BCUT2D eigenvalue weighted by atomic mass is 10.1. The van der Waals surface area contributed by atoms with Gasteiger partial charge in [0.2, 0.25) is 0 Å². The summed E-state index contributed by atoms with van der Waals surface area (Å²) in [5.74, 6) is 0.675. The molecule has 0 aromatic heterocycles. The Balaban J connectivity index is 1.99. The zero-order valence-electron chi connectivity index (χ0n) is 11.0. The fourth-order valence-corrected chi connectivity index (χ4v) is 2.15. The molecule has 0 aliphatic carbocycles. The van der Waals surface area contributed by atoms with Crippen LogP contribution in [-0.2, 0) is 9.53 Å². The van der Waals surface area contributed by atoms with Crippen LogP contribution in [0.2, 0.25) is 0 Å². The van der Waals surface area contributed by atoms with Gasteiger partial charge in [0.1, 0.15) is 17.9 Å². The molecule has 0 saturated carbocycles. The number of rotatable bonds is 3. The highest BCUT2D eigenvalue weighted by molar-refractivity contribution is 5.76. The minimum atomic E-state index is -0.245. The number of hydrogen-bond donors (Lipinski definition) is 1. The van der Waals surface area contributed by atoms with Gasteiger partial charge in [0.25, 0.3) is 0 Å². The summed E-state index contributed by atoms with van der Waals surface area (Å²) >= 11 is 0. The number of methoxy groups -OCH3 is 1. The molecule has 4 nitrogen and oxygen atoms in total. The maximum absolute atomic E-state index is 11.4. The zero-order valence-corrected chi connectivity index (χ0v) is 11.0. The summed E-state index contributed by atoms with van der Waals surface area (Å²) in [6.45, 7) is 4.78. The zero-order chi connectivity index (χ0) is 13.1. The average Bonchev–Trinajstić information content (AvgIpc) is 2.82. The Kier molecular flexibility index (Phi) is 3.87. The number of aryl methyl sites for hydroxylation is 1. The number of carbonyl (C=O) groups is 1. The van der Waals surface area contributed by atoms with E-state index in [-0.39, 0.29) is 18.1 Å². The Labute approximate surface area is 107 Å². The third kappa shape index (κ3) is 2.64. The molecule has 0 spiro atoms. The Morgan fingerprint density at radius 1 is 1.39 bits per heavy atom. The van der Waals surface area contributed by atoms with E-state index in [1.165, 1.54) is 12.7 Å². The van der Waals surface area contributed by atoms with Crippen molar-refractivity contribution in [1.82, 2.24) is 5.32 Å². The second-order valence-corrected chi connectivity index (χ2v) is 4.66. The SMILES string of the molecule is COC(=O)[C@@H]1C[C@H](Oc2cccc(C)c2C)CN1. The monoisotopic (exact) mass is 249 g/mol. The number of carbonyl (C=O) groups excluding carboxylic acids is 1. The number of ether oxygens (including phenoxy) is 2. The predicted octanol–water partition coefficient (Wildman–Crippen LogP) is 1.59. The van der Waals surface area contributed by atoms with Gasteiger partial charge in [0, 0.05) is 13.0 Å². The highest BCUT2D eigenvalue weighted by atomic mass is 16.5. The van der Waals surface area contributed by atoms with Gasteiger partial charge in [-0.25, -0.2) is 0 Å². The van der Waals surface area contributed by atoms with Gasteiger partial charge in [-0.2, -0.15) is 0 Å². The molecule has 2 atom stereocenters. The van der Waals surface area contributed by atoms with Crippen molar-refractivity contribution in [3.05, 3.63) is 29.3 Å². The summed E-state index contributed by atoms with van der Waals surface area (Å²) in [5.41, 5.74) is 2.36. The minimum Gasteiger partial charge on any atom is -0.489 e. The Hall–Kier alpha value is -1.55. The lowest BCUT2D eigenvalue weighted by molar-refractivity contribution is -0.142. The van der Waals surface area contributed by atoms with Crippen molar-refractivity contribution in [1.29, 1.82) is 0 Å². The smallest absolute Gasteiger partial charge is 0.323 e. The van der Waals surface area contributed by atoms with Gasteiger partial charge < -0.3 is 14.8 Å². The van der Waals surface area contributed by atoms with Crippen LogP contribution in [0.4, 0.5) is 0 Å². The first-order valence-corrected chi connectivity index (χ1v) is 6.16. The predicted molar refractivity (Wildman–Crippen MR) is 68.8 cm³/mol. The van der Waals surface area contributed by atoms with Crippen LogP contribution in [0.15, 0.2) is 18.2 Å². The van der Waals surface area contributed by atoms with Gasteiger partial charge in [0.05, 0.1) is 7.11 Å². The first-order valence-electron chi connectivity index (χ1n) is 6.16. The molecule has 1 aromatic rings. The van der Waals surface area contributed by atoms with Crippen LogP contribution in [0.25, 0.3) is 0 Å². The fraction of sp³-hybridized carbons (Fsp3) is 0.500. The number of nitrogens with one attached hydrogen (secondary N) is 1. The first kappa shape index (κ1) is 12.9. The van der Waals surface area contributed by atoms with E-state index in [0.717, 1.165) is 11.3 Å². The van der Waals surface area contributed by atoms with E-state index in [4.69, 9.17) is 9.47 Å². The number of esters is 1. The Morgan fingerprint density at radius 3 is 2.89 bits per heavy atom. The van der Waals surface area contributed by atoms with Gasteiger partial charge in [-0.15, -0.1) is 0 Å². The quantitative estimate of drug-likeness (QED) is 0.826. The molecule has 1 aliphatic rings. The van der Waals surface area contributed by atoms with Crippen molar-refractivity contribution >= 4 is 5.97 Å². The Bertz CT molecular complexity index is 445. The first-order chi connectivity index (χ1) is 8.61. The molecule has 1 fully saturated rings. The molecule has 0 unspecified atom stereocenters. The molecule has 2 rings (SSSR count). The topological polar surface area (TPSA) is 47.6 Å². The van der Waals surface area contributed by atoms with Gasteiger partial charge in [-0.05, 0) is 31.0 Å². The third-order valence-corrected chi connectivity index (χ3v) is 3.42. The summed E-state index contributed by atoms with van der Waals surface area (Å²) in [7, 11) is 1.41. The van der Waals surface area contributed by atoms with Crippen molar-refractivity contribution < 1.29 is 14.3 Å². The summed E-state index contributed by atoms with van der Waals surface area (Å²) in [6.07, 6.45) is 0.676. The van der Waals surface area contributed by atoms with Crippen molar-refractivity contribution in [2.24, 2.45) is 0 Å². The number of benzene rings is 1. The van der Waals surface area contributed by atoms with Crippen molar-refractivity contribution in [3.63, 3.8) is 0 Å². The summed E-state index contributed by atoms with van der Waals surface area (Å²) in [6, 6.07) is 5.77. The molecule has 4 heteroatoms. The van der Waals surface area contributed by atoms with Crippen LogP contribution < -0.4 is 10.1 Å². The second-order valence-electron chi connectivity index (χ2n) is 4.66. The molecule has 1 heterocycles. The van der Waals surface area contributed by atoms with Crippen molar-refractivity contribution in [2.75, 3.05) is 13.7 Å². The van der Waals surface area contributed by atoms with E-state index in [1.807, 2.05) is 19.1 Å². The summed E-state index contributed by atoms with van der Waals surface area (Å²) < 4.78 is 10.7. The minimum absolute atomic E-state index is 0.0228. The van der Waals surface area contributed by atoms with Crippen LogP contribution >= 0.6 is 0 Å². The van der Waals surface area contributed by atoms with E-state index in [0.29, 0.717) is 13.0 Å². The molecule has 1 aliphatic heterocycles. The maximum Gasteiger partial charge on any atom is 0.323 e. The third-order valence-electron chi connectivity index (χ3n) is 3.42. The maximum atomic E-state index is 11.4. The largest absolute Gasteiger partial charge is 0.489 e. The molecular weight excluding hydrogens is 230 g/mol. The average molecular weight is 249 g/mol. The molecule has 1 N–H and O–H groups in total. The van der Waals surface area contributed by atoms with Crippen LogP contribution in [-0.4, -0.2) is 31.8 Å². The standard InChI is InChI=1S/C14H19NO3/c1-9-5-4-6-13(10(9)2)18-11-7-12(15-8-11)14(16)17-3/h4-6,11-12,15H,7-8H2,1-3H3/t11-,12-/m0/s1. The molecule has 0 bridgehead atoms. The van der Waals surface area contributed by atoms with Crippen molar-refractivity contribution in [3.8, 4) is 5.75 Å².